The topological polar surface area (TPSA) is 14.1 Å². The summed E-state index contributed by atoms with van der Waals surface area (Å²) in [5.41, 5.74) is 3.99. The molecule has 0 fully saturated rings. The van der Waals surface area contributed by atoms with Crippen LogP contribution < -0.4 is 4.98 Å². The van der Waals surface area contributed by atoms with Crippen LogP contribution in [-0.2, 0) is 0 Å². The van der Waals surface area contributed by atoms with Crippen LogP contribution in [0.1, 0.15) is 20.8 Å². The van der Waals surface area contributed by atoms with Gasteiger partial charge in [-0.2, -0.15) is 0 Å². The summed E-state index contributed by atoms with van der Waals surface area (Å²) in [6.45, 7) is 20.8. The maximum atomic E-state index is 5.00. The number of rotatable bonds is 3. The van der Waals surface area contributed by atoms with Crippen LogP contribution in [0.5, 0.6) is 0 Å². The zero-order valence-electron chi connectivity index (χ0n) is 12.0. The standard InChI is InChI=1S/C12H28NSi2/c1-12(2,3)11(10-14(4,5)6)13-15(7,8)9/h10H,1-9H3/b11-10+. The Hall–Kier alpha value is -0.0262. The quantitative estimate of drug-likeness (QED) is 0.658. The van der Waals surface area contributed by atoms with Gasteiger partial charge in [-0.3, -0.25) is 0 Å². The molecular weight excluding hydrogens is 214 g/mol. The van der Waals surface area contributed by atoms with Gasteiger partial charge in [0.25, 0.3) is 0 Å². The molecule has 0 spiro atoms. The van der Waals surface area contributed by atoms with Crippen LogP contribution in [0.15, 0.2) is 11.4 Å². The van der Waals surface area contributed by atoms with Crippen molar-refractivity contribution in [3.63, 3.8) is 0 Å². The molecule has 1 radical (unpaired) electrons. The molecule has 0 atom stereocenters. The fourth-order valence-corrected chi connectivity index (χ4v) is 3.76. The van der Waals surface area contributed by atoms with Crippen molar-refractivity contribution in [1.82, 2.24) is 4.98 Å². The molecule has 0 unspecified atom stereocenters. The van der Waals surface area contributed by atoms with Gasteiger partial charge in [0.15, 0.2) is 8.24 Å². The first kappa shape index (κ1) is 15.0. The van der Waals surface area contributed by atoms with Crippen molar-refractivity contribution in [3.8, 4) is 0 Å². The van der Waals surface area contributed by atoms with E-state index in [2.05, 4.69) is 65.8 Å². The Morgan fingerprint density at radius 2 is 1.33 bits per heavy atom. The van der Waals surface area contributed by atoms with Crippen LogP contribution in [0, 0.1) is 5.41 Å². The summed E-state index contributed by atoms with van der Waals surface area (Å²) in [5.74, 6) is 0. The molecular formula is C12H28NSi2. The van der Waals surface area contributed by atoms with Crippen molar-refractivity contribution in [3.05, 3.63) is 11.4 Å². The minimum Gasteiger partial charge on any atom is -0.326 e. The van der Waals surface area contributed by atoms with Gasteiger partial charge in [0.2, 0.25) is 0 Å². The lowest BCUT2D eigenvalue weighted by molar-refractivity contribution is 0.482. The number of allylic oxidation sites excluding steroid dienone is 1. The first-order valence-electron chi connectivity index (χ1n) is 5.77. The Morgan fingerprint density at radius 3 is 1.53 bits per heavy atom. The summed E-state index contributed by atoms with van der Waals surface area (Å²) in [6, 6.07) is 0. The Bertz CT molecular complexity index is 236. The van der Waals surface area contributed by atoms with Gasteiger partial charge in [-0.1, -0.05) is 46.1 Å². The van der Waals surface area contributed by atoms with Gasteiger partial charge < -0.3 is 4.98 Å². The molecule has 15 heavy (non-hydrogen) atoms. The Labute approximate surface area is 98.5 Å². The van der Waals surface area contributed by atoms with Gasteiger partial charge in [-0.05, 0) is 19.6 Å². The second-order valence-electron chi connectivity index (χ2n) is 7.43. The van der Waals surface area contributed by atoms with Gasteiger partial charge in [-0.25, -0.2) is 0 Å². The lowest BCUT2D eigenvalue weighted by Crippen LogP contribution is -2.39. The summed E-state index contributed by atoms with van der Waals surface area (Å²) < 4.78 is 0. The normalized spacial score (nSPS) is 15.4. The molecule has 0 aromatic rings. The maximum Gasteiger partial charge on any atom is 0.172 e. The SMILES string of the molecule is CC(C)(C)/C(=C\[Si](C)(C)C)[N][Si](C)(C)C. The first-order valence-corrected chi connectivity index (χ1v) is 12.8. The van der Waals surface area contributed by atoms with Crippen molar-refractivity contribution in [2.45, 2.75) is 60.1 Å². The second kappa shape index (κ2) is 4.46. The molecule has 0 saturated heterocycles. The fraction of sp³-hybridized carbons (Fsp3) is 0.833. The van der Waals surface area contributed by atoms with Gasteiger partial charge in [0.1, 0.15) is 0 Å². The van der Waals surface area contributed by atoms with Gasteiger partial charge in [-0.15, -0.1) is 0 Å². The molecule has 0 N–H and O–H groups in total. The third kappa shape index (κ3) is 7.85. The van der Waals surface area contributed by atoms with E-state index < -0.39 is 16.3 Å². The molecule has 0 aromatic carbocycles. The Morgan fingerprint density at radius 1 is 0.933 bits per heavy atom. The number of hydrogen-bond donors (Lipinski definition) is 0. The van der Waals surface area contributed by atoms with Crippen LogP contribution >= 0.6 is 0 Å². The molecule has 0 aliphatic carbocycles. The van der Waals surface area contributed by atoms with E-state index in [-0.39, 0.29) is 5.41 Å². The van der Waals surface area contributed by atoms with Crippen molar-refractivity contribution in [2.75, 3.05) is 0 Å². The van der Waals surface area contributed by atoms with E-state index in [1.165, 1.54) is 5.70 Å². The molecule has 0 heterocycles. The third-order valence-corrected chi connectivity index (χ3v) is 3.85. The highest BCUT2D eigenvalue weighted by Gasteiger charge is 2.26. The Balaban J connectivity index is 5.02. The lowest BCUT2D eigenvalue weighted by Gasteiger charge is -2.30. The molecule has 0 aliphatic heterocycles. The fourth-order valence-electron chi connectivity index (χ4n) is 1.19. The zero-order valence-corrected chi connectivity index (χ0v) is 14.0. The summed E-state index contributed by atoms with van der Waals surface area (Å²) in [4.78, 5) is 5.00. The van der Waals surface area contributed by atoms with Gasteiger partial charge in [0.05, 0.1) is 8.07 Å². The molecule has 0 amide bonds. The Kier molecular flexibility index (Phi) is 4.45. The first-order chi connectivity index (χ1) is 6.31. The van der Waals surface area contributed by atoms with Crippen LogP contribution in [-0.4, -0.2) is 16.3 Å². The van der Waals surface area contributed by atoms with Crippen molar-refractivity contribution >= 4 is 16.3 Å². The van der Waals surface area contributed by atoms with E-state index in [4.69, 9.17) is 4.98 Å². The molecule has 0 saturated carbocycles. The van der Waals surface area contributed by atoms with Crippen molar-refractivity contribution in [2.24, 2.45) is 5.41 Å². The highest BCUT2D eigenvalue weighted by molar-refractivity contribution is 6.81. The molecule has 0 aliphatic rings. The molecule has 0 aromatic heterocycles. The van der Waals surface area contributed by atoms with E-state index in [1.54, 1.807) is 0 Å². The highest BCUT2D eigenvalue weighted by Crippen LogP contribution is 2.27. The van der Waals surface area contributed by atoms with E-state index in [1.807, 2.05) is 0 Å². The van der Waals surface area contributed by atoms with E-state index in [0.29, 0.717) is 0 Å². The monoisotopic (exact) mass is 242 g/mol. The van der Waals surface area contributed by atoms with Gasteiger partial charge in [0, 0.05) is 11.1 Å². The summed E-state index contributed by atoms with van der Waals surface area (Å²) in [5, 5.41) is 0. The maximum absolute atomic E-state index is 5.00. The van der Waals surface area contributed by atoms with Crippen molar-refractivity contribution in [1.29, 1.82) is 0 Å². The lowest BCUT2D eigenvalue weighted by atomic mass is 9.94. The molecule has 0 bridgehead atoms. The van der Waals surface area contributed by atoms with Crippen LogP contribution in [0.4, 0.5) is 0 Å². The minimum atomic E-state index is -1.35. The van der Waals surface area contributed by atoms with Crippen LogP contribution in [0.25, 0.3) is 0 Å². The highest BCUT2D eigenvalue weighted by atomic mass is 28.3. The van der Waals surface area contributed by atoms with E-state index in [0.717, 1.165) is 0 Å². The molecule has 0 rings (SSSR count). The van der Waals surface area contributed by atoms with E-state index in [9.17, 15) is 0 Å². The summed E-state index contributed by atoms with van der Waals surface area (Å²) in [7, 11) is -2.51. The van der Waals surface area contributed by atoms with Crippen LogP contribution in [0.2, 0.25) is 39.3 Å². The summed E-state index contributed by atoms with van der Waals surface area (Å²) in [6.07, 6.45) is 0. The molecule has 1 nitrogen and oxygen atoms in total. The smallest absolute Gasteiger partial charge is 0.172 e. The minimum absolute atomic E-state index is 0.195. The summed E-state index contributed by atoms with van der Waals surface area (Å²) >= 11 is 0. The number of nitrogens with zero attached hydrogens (tertiary/aromatic N) is 1. The van der Waals surface area contributed by atoms with Gasteiger partial charge >= 0.3 is 0 Å². The van der Waals surface area contributed by atoms with Crippen LogP contribution in [0.3, 0.4) is 0 Å². The van der Waals surface area contributed by atoms with Crippen molar-refractivity contribution < 1.29 is 0 Å². The number of hydrogen-bond acceptors (Lipinski definition) is 0. The largest absolute Gasteiger partial charge is 0.326 e. The van der Waals surface area contributed by atoms with E-state index >= 15 is 0 Å². The average Bonchev–Trinajstić information content (AvgIpc) is 1.75. The molecule has 3 heteroatoms. The second-order valence-corrected chi connectivity index (χ2v) is 17.0. The third-order valence-electron chi connectivity index (χ3n) is 1.79. The molecule has 89 valence electrons. The average molecular weight is 243 g/mol. The zero-order chi connectivity index (χ0) is 12.5. The predicted molar refractivity (Wildman–Crippen MR) is 76.4 cm³/mol. The predicted octanol–water partition coefficient (Wildman–Crippen LogP) is 4.23.